The van der Waals surface area contributed by atoms with E-state index in [9.17, 15) is 4.79 Å². The van der Waals surface area contributed by atoms with Gasteiger partial charge in [-0.1, -0.05) is 41.9 Å². The van der Waals surface area contributed by atoms with Gasteiger partial charge >= 0.3 is 0 Å². The molecule has 152 valence electrons. The SMILES string of the molecule is CC(NC(=O)CN1CCCN(c2nc3ccccc3[nH]2)CC1)c1ccccc1Cl. The zero-order chi connectivity index (χ0) is 20.2. The zero-order valence-corrected chi connectivity index (χ0v) is 17.3. The molecule has 1 saturated heterocycles. The number of halogens is 1. The first-order chi connectivity index (χ1) is 14.1. The summed E-state index contributed by atoms with van der Waals surface area (Å²) >= 11 is 6.24. The minimum atomic E-state index is -0.116. The Hall–Kier alpha value is -2.57. The van der Waals surface area contributed by atoms with Crippen molar-refractivity contribution in [1.82, 2.24) is 20.2 Å². The normalized spacial score (nSPS) is 16.6. The lowest BCUT2D eigenvalue weighted by Crippen LogP contribution is -2.40. The second-order valence-corrected chi connectivity index (χ2v) is 7.91. The minimum Gasteiger partial charge on any atom is -0.348 e. The van der Waals surface area contributed by atoms with Gasteiger partial charge in [-0.2, -0.15) is 0 Å². The van der Waals surface area contributed by atoms with Crippen LogP contribution in [-0.4, -0.2) is 53.5 Å². The van der Waals surface area contributed by atoms with E-state index in [2.05, 4.69) is 20.1 Å². The van der Waals surface area contributed by atoms with Crippen molar-refractivity contribution in [1.29, 1.82) is 0 Å². The third kappa shape index (κ3) is 4.71. The van der Waals surface area contributed by atoms with E-state index in [1.807, 2.05) is 55.5 Å². The number of aromatic nitrogens is 2. The van der Waals surface area contributed by atoms with Crippen LogP contribution in [0.4, 0.5) is 5.95 Å². The lowest BCUT2D eigenvalue weighted by molar-refractivity contribution is -0.122. The summed E-state index contributed by atoms with van der Waals surface area (Å²) in [6.45, 7) is 5.84. The van der Waals surface area contributed by atoms with Crippen LogP contribution < -0.4 is 10.2 Å². The maximum absolute atomic E-state index is 12.6. The molecular formula is C22H26ClN5O. The maximum atomic E-state index is 12.6. The average molecular weight is 412 g/mol. The van der Waals surface area contributed by atoms with Gasteiger partial charge in [0.25, 0.3) is 0 Å². The number of imidazole rings is 1. The highest BCUT2D eigenvalue weighted by Crippen LogP contribution is 2.22. The molecule has 2 aromatic carbocycles. The first kappa shape index (κ1) is 19.7. The van der Waals surface area contributed by atoms with Gasteiger partial charge in [0.05, 0.1) is 23.6 Å². The number of carbonyl (C=O) groups excluding carboxylic acids is 1. The zero-order valence-electron chi connectivity index (χ0n) is 16.6. The van der Waals surface area contributed by atoms with E-state index in [0.717, 1.165) is 55.1 Å². The summed E-state index contributed by atoms with van der Waals surface area (Å²) in [5.74, 6) is 0.930. The van der Waals surface area contributed by atoms with Gasteiger partial charge < -0.3 is 15.2 Å². The Labute approximate surface area is 175 Å². The average Bonchev–Trinajstić information content (AvgIpc) is 3.01. The van der Waals surface area contributed by atoms with Gasteiger partial charge in [-0.15, -0.1) is 0 Å². The van der Waals surface area contributed by atoms with Crippen LogP contribution >= 0.6 is 11.6 Å². The quantitative estimate of drug-likeness (QED) is 0.673. The van der Waals surface area contributed by atoms with Crippen molar-refractivity contribution in [3.05, 3.63) is 59.1 Å². The molecule has 1 aromatic heterocycles. The minimum absolute atomic E-state index is 0.0228. The molecule has 1 aliphatic heterocycles. The van der Waals surface area contributed by atoms with E-state index in [-0.39, 0.29) is 11.9 Å². The van der Waals surface area contributed by atoms with Crippen LogP contribution in [0.3, 0.4) is 0 Å². The van der Waals surface area contributed by atoms with Crippen molar-refractivity contribution in [2.75, 3.05) is 37.6 Å². The number of hydrogen-bond donors (Lipinski definition) is 2. The molecule has 1 amide bonds. The molecule has 4 rings (SSSR count). The predicted octanol–water partition coefficient (Wildman–Crippen LogP) is 3.61. The number of H-pyrrole nitrogens is 1. The fourth-order valence-electron chi connectivity index (χ4n) is 3.82. The number of aromatic amines is 1. The van der Waals surface area contributed by atoms with E-state index in [1.54, 1.807) is 0 Å². The first-order valence-corrected chi connectivity index (χ1v) is 10.4. The lowest BCUT2D eigenvalue weighted by atomic mass is 10.1. The van der Waals surface area contributed by atoms with Crippen LogP contribution in [-0.2, 0) is 4.79 Å². The van der Waals surface area contributed by atoms with Gasteiger partial charge in [0, 0.05) is 31.2 Å². The second-order valence-electron chi connectivity index (χ2n) is 7.51. The first-order valence-electron chi connectivity index (χ1n) is 10.1. The van der Waals surface area contributed by atoms with Gasteiger partial charge in [-0.3, -0.25) is 9.69 Å². The number of para-hydroxylation sites is 2. The van der Waals surface area contributed by atoms with Crippen LogP contribution in [0.1, 0.15) is 24.9 Å². The molecular weight excluding hydrogens is 386 g/mol. The number of rotatable bonds is 5. The van der Waals surface area contributed by atoms with Gasteiger partial charge in [0.15, 0.2) is 0 Å². The fourth-order valence-corrected chi connectivity index (χ4v) is 4.12. The molecule has 29 heavy (non-hydrogen) atoms. The summed E-state index contributed by atoms with van der Waals surface area (Å²) in [5, 5.41) is 3.75. The van der Waals surface area contributed by atoms with Gasteiger partial charge in [-0.05, 0) is 37.1 Å². The van der Waals surface area contributed by atoms with Crippen molar-refractivity contribution in [2.24, 2.45) is 0 Å². The standard InChI is InChI=1S/C22H26ClN5O/c1-16(17-7-2-3-8-18(17)23)24-21(29)15-27-11-6-12-28(14-13-27)22-25-19-9-4-5-10-20(19)26-22/h2-5,7-10,16H,6,11-15H2,1H3,(H,24,29)(H,25,26). The molecule has 0 saturated carbocycles. The molecule has 1 aliphatic rings. The maximum Gasteiger partial charge on any atom is 0.234 e. The summed E-state index contributed by atoms with van der Waals surface area (Å²) in [6.07, 6.45) is 0.990. The van der Waals surface area contributed by atoms with Crippen molar-refractivity contribution < 1.29 is 4.79 Å². The van der Waals surface area contributed by atoms with E-state index < -0.39 is 0 Å². The summed E-state index contributed by atoms with van der Waals surface area (Å²) in [7, 11) is 0. The van der Waals surface area contributed by atoms with Crippen LogP contribution in [0, 0.1) is 0 Å². The van der Waals surface area contributed by atoms with Crippen molar-refractivity contribution in [2.45, 2.75) is 19.4 Å². The summed E-state index contributed by atoms with van der Waals surface area (Å²) in [5.41, 5.74) is 2.97. The van der Waals surface area contributed by atoms with Crippen LogP contribution in [0.25, 0.3) is 11.0 Å². The molecule has 0 radical (unpaired) electrons. The third-order valence-corrected chi connectivity index (χ3v) is 5.73. The topological polar surface area (TPSA) is 64.3 Å². The van der Waals surface area contributed by atoms with Gasteiger partial charge in [-0.25, -0.2) is 4.98 Å². The largest absolute Gasteiger partial charge is 0.348 e. The van der Waals surface area contributed by atoms with E-state index in [0.29, 0.717) is 11.6 Å². The predicted molar refractivity (Wildman–Crippen MR) is 117 cm³/mol. The Morgan fingerprint density at radius 2 is 1.93 bits per heavy atom. The highest BCUT2D eigenvalue weighted by Gasteiger charge is 2.20. The third-order valence-electron chi connectivity index (χ3n) is 5.38. The molecule has 1 unspecified atom stereocenters. The Kier molecular flexibility index (Phi) is 6.02. The van der Waals surface area contributed by atoms with Gasteiger partial charge in [0.2, 0.25) is 11.9 Å². The number of benzene rings is 2. The molecule has 2 N–H and O–H groups in total. The molecule has 7 heteroatoms. The number of anilines is 1. The van der Waals surface area contributed by atoms with Crippen LogP contribution in [0.5, 0.6) is 0 Å². The van der Waals surface area contributed by atoms with Crippen molar-refractivity contribution in [3.63, 3.8) is 0 Å². The number of fused-ring (bicyclic) bond motifs is 1. The van der Waals surface area contributed by atoms with Crippen LogP contribution in [0.2, 0.25) is 5.02 Å². The van der Waals surface area contributed by atoms with Crippen molar-refractivity contribution in [3.8, 4) is 0 Å². The second kappa shape index (κ2) is 8.84. The monoisotopic (exact) mass is 411 g/mol. The summed E-state index contributed by atoms with van der Waals surface area (Å²) in [6, 6.07) is 15.6. The number of nitrogens with one attached hydrogen (secondary N) is 2. The molecule has 3 aromatic rings. The molecule has 1 atom stereocenters. The molecule has 2 heterocycles. The number of nitrogens with zero attached hydrogens (tertiary/aromatic N) is 3. The molecule has 0 aliphatic carbocycles. The van der Waals surface area contributed by atoms with Gasteiger partial charge in [0.1, 0.15) is 0 Å². The smallest absolute Gasteiger partial charge is 0.234 e. The summed E-state index contributed by atoms with van der Waals surface area (Å²) in [4.78, 5) is 25.1. The highest BCUT2D eigenvalue weighted by molar-refractivity contribution is 6.31. The Balaban J connectivity index is 1.32. The Bertz CT molecular complexity index is 955. The highest BCUT2D eigenvalue weighted by atomic mass is 35.5. The Morgan fingerprint density at radius 3 is 2.76 bits per heavy atom. The summed E-state index contributed by atoms with van der Waals surface area (Å²) < 4.78 is 0. The molecule has 1 fully saturated rings. The molecule has 0 spiro atoms. The van der Waals surface area contributed by atoms with E-state index in [1.165, 1.54) is 0 Å². The van der Waals surface area contributed by atoms with Crippen molar-refractivity contribution >= 4 is 34.5 Å². The molecule has 0 bridgehead atoms. The Morgan fingerprint density at radius 1 is 1.14 bits per heavy atom. The molecule has 6 nitrogen and oxygen atoms in total. The lowest BCUT2D eigenvalue weighted by Gasteiger charge is -2.22. The van der Waals surface area contributed by atoms with E-state index in [4.69, 9.17) is 16.6 Å². The number of carbonyl (C=O) groups is 1. The number of amides is 1. The number of hydrogen-bond acceptors (Lipinski definition) is 4. The fraction of sp³-hybridized carbons (Fsp3) is 0.364. The van der Waals surface area contributed by atoms with E-state index >= 15 is 0 Å². The van der Waals surface area contributed by atoms with Crippen LogP contribution in [0.15, 0.2) is 48.5 Å².